The number of aromatic nitrogens is 2. The van der Waals surface area contributed by atoms with Gasteiger partial charge in [0, 0.05) is 31.9 Å². The third-order valence-electron chi connectivity index (χ3n) is 4.00. The van der Waals surface area contributed by atoms with E-state index in [0.717, 1.165) is 24.7 Å². The zero-order valence-corrected chi connectivity index (χ0v) is 13.2. The highest BCUT2D eigenvalue weighted by Crippen LogP contribution is 2.20. The van der Waals surface area contributed by atoms with Gasteiger partial charge in [0.25, 0.3) is 0 Å². The minimum Gasteiger partial charge on any atom is -0.383 e. The van der Waals surface area contributed by atoms with Crippen molar-refractivity contribution in [2.24, 2.45) is 0 Å². The fourth-order valence-corrected chi connectivity index (χ4v) is 3.06. The first-order valence-electron chi connectivity index (χ1n) is 7.67. The normalized spacial score (nSPS) is 21.3. The number of rotatable bonds is 7. The largest absolute Gasteiger partial charge is 0.383 e. The molecular weight excluding hydrogens is 252 g/mol. The second-order valence-electron chi connectivity index (χ2n) is 5.78. The molecule has 2 rings (SSSR count). The Morgan fingerprint density at radius 3 is 3.05 bits per heavy atom. The molecule has 0 radical (unpaired) electrons. The summed E-state index contributed by atoms with van der Waals surface area (Å²) < 4.78 is 7.45. The average molecular weight is 280 g/mol. The van der Waals surface area contributed by atoms with Crippen molar-refractivity contribution < 1.29 is 4.74 Å². The SMILES string of the molecule is CCN1CCCC1Cn1cc(C)nc1NC(C)COC. The van der Waals surface area contributed by atoms with Gasteiger partial charge in [-0.1, -0.05) is 6.92 Å². The van der Waals surface area contributed by atoms with Crippen LogP contribution in [0.5, 0.6) is 0 Å². The monoisotopic (exact) mass is 280 g/mol. The number of nitrogens with zero attached hydrogens (tertiary/aromatic N) is 3. The van der Waals surface area contributed by atoms with Gasteiger partial charge in [0.15, 0.2) is 0 Å². The summed E-state index contributed by atoms with van der Waals surface area (Å²) in [5.41, 5.74) is 1.07. The molecule has 114 valence electrons. The van der Waals surface area contributed by atoms with Crippen molar-refractivity contribution in [2.45, 2.75) is 52.2 Å². The van der Waals surface area contributed by atoms with E-state index in [1.807, 2.05) is 0 Å². The Morgan fingerprint density at radius 2 is 2.35 bits per heavy atom. The summed E-state index contributed by atoms with van der Waals surface area (Å²) in [7, 11) is 1.73. The maximum atomic E-state index is 5.18. The summed E-state index contributed by atoms with van der Waals surface area (Å²) in [6.07, 6.45) is 4.75. The van der Waals surface area contributed by atoms with Crippen LogP contribution in [-0.4, -0.2) is 53.3 Å². The molecule has 1 fully saturated rings. The summed E-state index contributed by atoms with van der Waals surface area (Å²) in [6, 6.07) is 0.915. The molecule has 1 aromatic rings. The molecule has 1 aliphatic rings. The predicted molar refractivity (Wildman–Crippen MR) is 82.2 cm³/mol. The number of likely N-dealkylation sites (N-methyl/N-ethyl adjacent to an activating group) is 1. The predicted octanol–water partition coefficient (Wildman–Crippen LogP) is 2.12. The first-order chi connectivity index (χ1) is 9.63. The minimum absolute atomic E-state index is 0.270. The molecule has 0 aromatic carbocycles. The third-order valence-corrected chi connectivity index (χ3v) is 4.00. The van der Waals surface area contributed by atoms with Gasteiger partial charge < -0.3 is 14.6 Å². The molecule has 0 bridgehead atoms. The van der Waals surface area contributed by atoms with Gasteiger partial charge in [-0.3, -0.25) is 4.90 Å². The van der Waals surface area contributed by atoms with Gasteiger partial charge in [0.1, 0.15) is 0 Å². The number of methoxy groups -OCH3 is 1. The molecule has 1 aromatic heterocycles. The Bertz CT molecular complexity index is 418. The van der Waals surface area contributed by atoms with E-state index in [9.17, 15) is 0 Å². The van der Waals surface area contributed by atoms with Crippen LogP contribution < -0.4 is 5.32 Å². The fraction of sp³-hybridized carbons (Fsp3) is 0.800. The second-order valence-corrected chi connectivity index (χ2v) is 5.78. The number of likely N-dealkylation sites (tertiary alicyclic amines) is 1. The highest BCUT2D eigenvalue weighted by Gasteiger charge is 2.24. The van der Waals surface area contributed by atoms with E-state index in [-0.39, 0.29) is 6.04 Å². The molecule has 1 aliphatic heterocycles. The number of hydrogen-bond donors (Lipinski definition) is 1. The molecule has 1 N–H and O–H groups in total. The van der Waals surface area contributed by atoms with Crippen LogP contribution in [0, 0.1) is 6.92 Å². The van der Waals surface area contributed by atoms with Gasteiger partial charge in [-0.15, -0.1) is 0 Å². The molecule has 0 spiro atoms. The van der Waals surface area contributed by atoms with Gasteiger partial charge in [0.05, 0.1) is 12.3 Å². The van der Waals surface area contributed by atoms with Gasteiger partial charge in [-0.05, 0) is 39.8 Å². The van der Waals surface area contributed by atoms with Crippen LogP contribution in [0.1, 0.15) is 32.4 Å². The summed E-state index contributed by atoms with van der Waals surface area (Å²) in [4.78, 5) is 7.17. The Kier molecular flexibility index (Phi) is 5.43. The van der Waals surface area contributed by atoms with Crippen molar-refractivity contribution in [2.75, 3.05) is 32.1 Å². The molecule has 0 aliphatic carbocycles. The fourth-order valence-electron chi connectivity index (χ4n) is 3.06. The zero-order valence-electron chi connectivity index (χ0n) is 13.2. The zero-order chi connectivity index (χ0) is 14.5. The quantitative estimate of drug-likeness (QED) is 0.831. The van der Waals surface area contributed by atoms with E-state index in [1.165, 1.54) is 19.4 Å². The van der Waals surface area contributed by atoms with Crippen LogP contribution in [0.4, 0.5) is 5.95 Å². The second kappa shape index (κ2) is 7.09. The van der Waals surface area contributed by atoms with Crippen LogP contribution >= 0.6 is 0 Å². The van der Waals surface area contributed by atoms with Crippen LogP contribution in [0.25, 0.3) is 0 Å². The average Bonchev–Trinajstić information content (AvgIpc) is 2.97. The molecule has 20 heavy (non-hydrogen) atoms. The number of hydrogen-bond acceptors (Lipinski definition) is 4. The molecule has 0 amide bonds. The number of anilines is 1. The molecule has 5 nitrogen and oxygen atoms in total. The van der Waals surface area contributed by atoms with Crippen molar-refractivity contribution in [1.29, 1.82) is 0 Å². The third kappa shape index (κ3) is 3.73. The van der Waals surface area contributed by atoms with Gasteiger partial charge in [0.2, 0.25) is 5.95 Å². The number of imidazole rings is 1. The Labute approximate surface area is 122 Å². The summed E-state index contributed by atoms with van der Waals surface area (Å²) in [6.45, 7) is 10.5. The van der Waals surface area contributed by atoms with Crippen molar-refractivity contribution in [3.8, 4) is 0 Å². The highest BCUT2D eigenvalue weighted by atomic mass is 16.5. The van der Waals surface area contributed by atoms with Crippen molar-refractivity contribution >= 4 is 5.95 Å². The standard InChI is InChI=1S/C15H28N4O/c1-5-18-8-6-7-14(18)10-19-9-12(2)16-15(19)17-13(3)11-20-4/h9,13-14H,5-8,10-11H2,1-4H3,(H,16,17). The molecular formula is C15H28N4O. The molecule has 5 heteroatoms. The summed E-state index contributed by atoms with van der Waals surface area (Å²) in [5, 5.41) is 3.45. The van der Waals surface area contributed by atoms with Gasteiger partial charge >= 0.3 is 0 Å². The van der Waals surface area contributed by atoms with E-state index in [0.29, 0.717) is 12.6 Å². The van der Waals surface area contributed by atoms with Crippen LogP contribution in [0.3, 0.4) is 0 Å². The molecule has 2 unspecified atom stereocenters. The molecule has 2 heterocycles. The number of nitrogens with one attached hydrogen (secondary N) is 1. The van der Waals surface area contributed by atoms with Crippen molar-refractivity contribution in [3.63, 3.8) is 0 Å². The van der Waals surface area contributed by atoms with Crippen molar-refractivity contribution in [3.05, 3.63) is 11.9 Å². The maximum Gasteiger partial charge on any atom is 0.203 e. The lowest BCUT2D eigenvalue weighted by Gasteiger charge is -2.24. The van der Waals surface area contributed by atoms with E-state index >= 15 is 0 Å². The number of aryl methyl sites for hydroxylation is 1. The first kappa shape index (κ1) is 15.3. The van der Waals surface area contributed by atoms with Gasteiger partial charge in [-0.2, -0.15) is 0 Å². The lowest BCUT2D eigenvalue weighted by molar-refractivity contribution is 0.190. The van der Waals surface area contributed by atoms with Gasteiger partial charge in [-0.25, -0.2) is 4.98 Å². The maximum absolute atomic E-state index is 5.18. The highest BCUT2D eigenvalue weighted by molar-refractivity contribution is 5.30. The van der Waals surface area contributed by atoms with E-state index in [1.54, 1.807) is 7.11 Å². The lowest BCUT2D eigenvalue weighted by atomic mass is 10.2. The van der Waals surface area contributed by atoms with E-state index in [2.05, 4.69) is 46.7 Å². The summed E-state index contributed by atoms with van der Waals surface area (Å²) >= 11 is 0. The molecule has 0 saturated carbocycles. The molecule has 2 atom stereocenters. The minimum atomic E-state index is 0.270. The molecule has 1 saturated heterocycles. The summed E-state index contributed by atoms with van der Waals surface area (Å²) in [5.74, 6) is 0.968. The Hall–Kier alpha value is -1.07. The van der Waals surface area contributed by atoms with E-state index < -0.39 is 0 Å². The van der Waals surface area contributed by atoms with Crippen LogP contribution in [0.2, 0.25) is 0 Å². The smallest absolute Gasteiger partial charge is 0.203 e. The lowest BCUT2D eigenvalue weighted by Crippen LogP contribution is -2.33. The Balaban J connectivity index is 2.03. The number of ether oxygens (including phenoxy) is 1. The first-order valence-corrected chi connectivity index (χ1v) is 7.67. The van der Waals surface area contributed by atoms with Crippen molar-refractivity contribution in [1.82, 2.24) is 14.5 Å². The van der Waals surface area contributed by atoms with E-state index in [4.69, 9.17) is 4.74 Å². The van der Waals surface area contributed by atoms with Crippen LogP contribution in [0.15, 0.2) is 6.20 Å². The Morgan fingerprint density at radius 1 is 1.55 bits per heavy atom. The topological polar surface area (TPSA) is 42.3 Å². The van der Waals surface area contributed by atoms with Crippen LogP contribution in [-0.2, 0) is 11.3 Å².